The normalized spacial score (nSPS) is 10.9. The molecule has 0 saturated carbocycles. The quantitative estimate of drug-likeness (QED) is 0.306. The zero-order valence-corrected chi connectivity index (χ0v) is 20.0. The Morgan fingerprint density at radius 3 is 2.31 bits per heavy atom. The van der Waals surface area contributed by atoms with Crippen LogP contribution in [0.1, 0.15) is 29.8 Å². The highest BCUT2D eigenvalue weighted by molar-refractivity contribution is 5.89. The van der Waals surface area contributed by atoms with Crippen molar-refractivity contribution in [2.75, 3.05) is 14.2 Å². The summed E-state index contributed by atoms with van der Waals surface area (Å²) >= 11 is 0. The van der Waals surface area contributed by atoms with Crippen LogP contribution < -0.4 is 19.6 Å². The molecule has 0 unspecified atom stereocenters. The summed E-state index contributed by atoms with van der Waals surface area (Å²) in [6, 6.07) is 19.1. The maximum absolute atomic E-state index is 13.4. The van der Waals surface area contributed by atoms with Crippen LogP contribution in [0.25, 0.3) is 22.3 Å². The summed E-state index contributed by atoms with van der Waals surface area (Å²) in [7, 11) is 3.09. The Balaban J connectivity index is 1.70. The summed E-state index contributed by atoms with van der Waals surface area (Å²) in [5.74, 6) is 1.03. The molecular weight excluding hydrogens is 448 g/mol. The molecule has 1 aromatic heterocycles. The van der Waals surface area contributed by atoms with Gasteiger partial charge in [0.2, 0.25) is 11.2 Å². The molecule has 7 heteroatoms. The lowest BCUT2D eigenvalue weighted by atomic mass is 10.1. The van der Waals surface area contributed by atoms with E-state index in [0.717, 1.165) is 5.56 Å². The van der Waals surface area contributed by atoms with E-state index in [4.69, 9.17) is 23.4 Å². The average molecular weight is 475 g/mol. The Hall–Kier alpha value is -4.26. The van der Waals surface area contributed by atoms with Crippen LogP contribution in [0.5, 0.6) is 17.2 Å². The molecule has 7 nitrogen and oxygen atoms in total. The highest BCUT2D eigenvalue weighted by Gasteiger charge is 2.19. The topological polar surface area (TPSA) is 84.2 Å². The lowest BCUT2D eigenvalue weighted by molar-refractivity contribution is 0.0378. The van der Waals surface area contributed by atoms with Crippen molar-refractivity contribution in [2.24, 2.45) is 0 Å². The van der Waals surface area contributed by atoms with E-state index in [-0.39, 0.29) is 29.6 Å². The van der Waals surface area contributed by atoms with Gasteiger partial charge < -0.3 is 23.4 Å². The zero-order chi connectivity index (χ0) is 24.9. The van der Waals surface area contributed by atoms with Crippen molar-refractivity contribution < 1.29 is 28.2 Å². The van der Waals surface area contributed by atoms with Crippen LogP contribution in [0.2, 0.25) is 0 Å². The van der Waals surface area contributed by atoms with Crippen molar-refractivity contribution in [1.29, 1.82) is 0 Å². The van der Waals surface area contributed by atoms with Crippen molar-refractivity contribution in [3.05, 3.63) is 88.1 Å². The highest BCUT2D eigenvalue weighted by Crippen LogP contribution is 2.37. The van der Waals surface area contributed by atoms with Crippen molar-refractivity contribution in [3.63, 3.8) is 0 Å². The Bertz CT molecular complexity index is 1400. The van der Waals surface area contributed by atoms with Crippen LogP contribution in [0.4, 0.5) is 0 Å². The molecule has 0 amide bonds. The molecule has 1 heterocycles. The first kappa shape index (κ1) is 23.9. The van der Waals surface area contributed by atoms with Crippen LogP contribution in [-0.2, 0) is 11.3 Å². The smallest absolute Gasteiger partial charge is 0.338 e. The van der Waals surface area contributed by atoms with Gasteiger partial charge in [0.25, 0.3) is 0 Å². The Kier molecular flexibility index (Phi) is 7.06. The summed E-state index contributed by atoms with van der Waals surface area (Å²) in [4.78, 5) is 25.5. The first-order valence-electron chi connectivity index (χ1n) is 11.1. The van der Waals surface area contributed by atoms with Gasteiger partial charge in [0, 0.05) is 5.56 Å². The van der Waals surface area contributed by atoms with E-state index in [1.54, 1.807) is 87.7 Å². The molecule has 0 radical (unpaired) electrons. The first-order valence-corrected chi connectivity index (χ1v) is 11.1. The summed E-state index contributed by atoms with van der Waals surface area (Å²) in [5, 5.41) is 0.415. The van der Waals surface area contributed by atoms with Gasteiger partial charge in [0.1, 0.15) is 12.2 Å². The van der Waals surface area contributed by atoms with Gasteiger partial charge >= 0.3 is 5.97 Å². The van der Waals surface area contributed by atoms with Gasteiger partial charge in [-0.3, -0.25) is 4.79 Å². The lowest BCUT2D eigenvalue weighted by Gasteiger charge is -2.14. The summed E-state index contributed by atoms with van der Waals surface area (Å²) in [6.07, 6.45) is -0.201. The number of hydrogen-bond donors (Lipinski definition) is 0. The van der Waals surface area contributed by atoms with Crippen LogP contribution in [-0.4, -0.2) is 26.3 Å². The number of rotatable bonds is 8. The Labute approximate surface area is 202 Å². The molecule has 4 rings (SSSR count). The van der Waals surface area contributed by atoms with E-state index in [1.165, 1.54) is 7.11 Å². The summed E-state index contributed by atoms with van der Waals surface area (Å²) in [5.41, 5.74) is 1.99. The monoisotopic (exact) mass is 474 g/mol. The number of benzene rings is 3. The molecule has 0 aliphatic rings. The number of esters is 1. The second-order valence-corrected chi connectivity index (χ2v) is 8.10. The zero-order valence-electron chi connectivity index (χ0n) is 20.0. The number of ether oxygens (including phenoxy) is 4. The van der Waals surface area contributed by atoms with Crippen LogP contribution >= 0.6 is 0 Å². The number of carbonyl (C=O) groups is 1. The Morgan fingerprint density at radius 2 is 1.63 bits per heavy atom. The van der Waals surface area contributed by atoms with Crippen molar-refractivity contribution >= 4 is 16.9 Å². The third-order valence-corrected chi connectivity index (χ3v) is 5.32. The average Bonchev–Trinajstić information content (AvgIpc) is 2.87. The van der Waals surface area contributed by atoms with Crippen molar-refractivity contribution in [1.82, 2.24) is 0 Å². The number of hydrogen-bond acceptors (Lipinski definition) is 7. The van der Waals surface area contributed by atoms with Gasteiger partial charge in [0.15, 0.2) is 17.3 Å². The molecular formula is C28H26O7. The van der Waals surface area contributed by atoms with Gasteiger partial charge in [-0.15, -0.1) is 0 Å². The van der Waals surface area contributed by atoms with Crippen LogP contribution in [0.15, 0.2) is 75.9 Å². The second kappa shape index (κ2) is 10.3. The van der Waals surface area contributed by atoms with Gasteiger partial charge in [-0.05, 0) is 61.9 Å². The molecule has 35 heavy (non-hydrogen) atoms. The number of methoxy groups -OCH3 is 2. The number of carbonyl (C=O) groups excluding carboxylic acids is 1. The largest absolute Gasteiger partial charge is 0.493 e. The van der Waals surface area contributed by atoms with Gasteiger partial charge in [-0.1, -0.05) is 24.3 Å². The van der Waals surface area contributed by atoms with E-state index in [1.807, 2.05) is 0 Å². The first-order chi connectivity index (χ1) is 16.9. The molecule has 0 aliphatic carbocycles. The number of para-hydroxylation sites is 1. The molecule has 0 atom stereocenters. The van der Waals surface area contributed by atoms with E-state index in [9.17, 15) is 9.59 Å². The molecule has 0 N–H and O–H groups in total. The molecule has 3 aromatic carbocycles. The standard InChI is InChI=1S/C28H26O7/c1-17(2)34-28(30)19-11-9-18(10-12-19)16-33-27-25(29)21-7-5-6-8-22(21)35-26(27)20-13-14-23(31-3)24(15-20)32-4/h5-15,17H,16H2,1-4H3. The molecule has 0 fully saturated rings. The predicted molar refractivity (Wildman–Crippen MR) is 132 cm³/mol. The van der Waals surface area contributed by atoms with E-state index < -0.39 is 5.97 Å². The summed E-state index contributed by atoms with van der Waals surface area (Å²) in [6.45, 7) is 3.69. The molecule has 0 aliphatic heterocycles. The predicted octanol–water partition coefficient (Wildman–Crippen LogP) is 5.62. The van der Waals surface area contributed by atoms with Crippen LogP contribution in [0.3, 0.4) is 0 Å². The van der Waals surface area contributed by atoms with Crippen LogP contribution in [0, 0.1) is 0 Å². The van der Waals surface area contributed by atoms with Crippen molar-refractivity contribution in [2.45, 2.75) is 26.6 Å². The fraction of sp³-hybridized carbons (Fsp3) is 0.214. The fourth-order valence-electron chi connectivity index (χ4n) is 3.60. The molecule has 4 aromatic rings. The van der Waals surface area contributed by atoms with E-state index in [2.05, 4.69) is 0 Å². The third kappa shape index (κ3) is 5.14. The highest BCUT2D eigenvalue weighted by atomic mass is 16.5. The molecule has 0 bridgehead atoms. The molecule has 0 saturated heterocycles. The van der Waals surface area contributed by atoms with Crippen molar-refractivity contribution in [3.8, 4) is 28.6 Å². The maximum Gasteiger partial charge on any atom is 0.338 e. The van der Waals surface area contributed by atoms with Gasteiger partial charge in [-0.2, -0.15) is 0 Å². The van der Waals surface area contributed by atoms with E-state index in [0.29, 0.717) is 33.6 Å². The van der Waals surface area contributed by atoms with E-state index >= 15 is 0 Å². The maximum atomic E-state index is 13.4. The Morgan fingerprint density at radius 1 is 0.914 bits per heavy atom. The minimum Gasteiger partial charge on any atom is -0.493 e. The minimum atomic E-state index is -0.390. The second-order valence-electron chi connectivity index (χ2n) is 8.10. The number of fused-ring (bicyclic) bond motifs is 1. The fourth-order valence-corrected chi connectivity index (χ4v) is 3.60. The molecule has 180 valence electrons. The minimum absolute atomic E-state index is 0.0826. The van der Waals surface area contributed by atoms with Gasteiger partial charge in [-0.25, -0.2) is 4.79 Å². The lowest BCUT2D eigenvalue weighted by Crippen LogP contribution is -2.12. The van der Waals surface area contributed by atoms with Gasteiger partial charge in [0.05, 0.1) is 31.3 Å². The molecule has 0 spiro atoms. The SMILES string of the molecule is COc1ccc(-c2oc3ccccc3c(=O)c2OCc2ccc(C(=O)OC(C)C)cc2)cc1OC. The third-order valence-electron chi connectivity index (χ3n) is 5.32. The summed E-state index contributed by atoms with van der Waals surface area (Å²) < 4.78 is 28.1.